The molecule has 0 spiro atoms. The maximum Gasteiger partial charge on any atom is 0.240 e. The fourth-order valence-electron chi connectivity index (χ4n) is 2.19. The third-order valence-corrected chi connectivity index (χ3v) is 3.70. The van der Waals surface area contributed by atoms with Gasteiger partial charge in [-0.2, -0.15) is 0 Å². The number of carbonyl (C=O) groups is 1. The van der Waals surface area contributed by atoms with Gasteiger partial charge in [-0.15, -0.1) is 24.8 Å². The molecule has 7 heteroatoms. The Hall–Kier alpha value is -1.56. The zero-order valence-corrected chi connectivity index (χ0v) is 14.3. The van der Waals surface area contributed by atoms with E-state index in [4.69, 9.17) is 10.5 Å². The van der Waals surface area contributed by atoms with Crippen LogP contribution in [0.2, 0.25) is 0 Å². The average molecular weight is 358 g/mol. The van der Waals surface area contributed by atoms with Crippen molar-refractivity contribution in [3.8, 4) is 5.75 Å². The van der Waals surface area contributed by atoms with Crippen molar-refractivity contribution in [3.63, 3.8) is 0 Å². The second kappa shape index (κ2) is 8.34. The lowest BCUT2D eigenvalue weighted by Crippen LogP contribution is -2.43. The Morgan fingerprint density at radius 1 is 1.26 bits per heavy atom. The topological polar surface area (TPSA) is 77.2 Å². The number of hydrogen-bond donors (Lipinski definition) is 2. The zero-order chi connectivity index (χ0) is 14.7. The molecule has 0 saturated heterocycles. The summed E-state index contributed by atoms with van der Waals surface area (Å²) in [4.78, 5) is 16.0. The second-order valence-corrected chi connectivity index (χ2v) is 5.45. The molecule has 0 aliphatic heterocycles. The SMILES string of the molecule is Cl.Cl.NC1(C(=O)NCCCOc2cccc3cccnc23)CC1. The molecule has 1 aliphatic rings. The third-order valence-electron chi connectivity index (χ3n) is 3.70. The first kappa shape index (κ1) is 19.5. The molecular formula is C16H21Cl2N3O2. The number of amides is 1. The van der Waals surface area contributed by atoms with Crippen LogP contribution < -0.4 is 15.8 Å². The lowest BCUT2D eigenvalue weighted by atomic mass is 10.2. The van der Waals surface area contributed by atoms with E-state index < -0.39 is 5.54 Å². The monoisotopic (exact) mass is 357 g/mol. The maximum atomic E-state index is 11.6. The molecule has 1 aromatic carbocycles. The Kier molecular flexibility index (Phi) is 7.06. The number of rotatable bonds is 6. The average Bonchev–Trinajstić information content (AvgIpc) is 3.26. The van der Waals surface area contributed by atoms with Crippen molar-refractivity contribution in [1.29, 1.82) is 0 Å². The number of ether oxygens (including phenoxy) is 1. The quantitative estimate of drug-likeness (QED) is 0.778. The lowest BCUT2D eigenvalue weighted by molar-refractivity contribution is -0.123. The molecule has 1 fully saturated rings. The molecular weight excluding hydrogens is 337 g/mol. The standard InChI is InChI=1S/C16H19N3O2.2ClH/c17-16(7-8-16)15(20)19-10-3-11-21-13-6-1-4-12-5-2-9-18-14(12)13;;/h1-2,4-6,9H,3,7-8,10-11,17H2,(H,19,20);2*1H. The van der Waals surface area contributed by atoms with E-state index in [9.17, 15) is 4.79 Å². The minimum absolute atomic E-state index is 0. The van der Waals surface area contributed by atoms with E-state index in [0.29, 0.717) is 13.2 Å². The van der Waals surface area contributed by atoms with Crippen LogP contribution in [0.5, 0.6) is 5.75 Å². The van der Waals surface area contributed by atoms with Gasteiger partial charge in [0.05, 0.1) is 12.1 Å². The minimum atomic E-state index is -0.597. The van der Waals surface area contributed by atoms with Crippen molar-refractivity contribution in [3.05, 3.63) is 36.5 Å². The Morgan fingerprint density at radius 3 is 2.74 bits per heavy atom. The van der Waals surface area contributed by atoms with E-state index in [-0.39, 0.29) is 30.7 Å². The maximum absolute atomic E-state index is 11.6. The van der Waals surface area contributed by atoms with Crippen LogP contribution in [0.3, 0.4) is 0 Å². The number of halogens is 2. The first-order valence-corrected chi connectivity index (χ1v) is 7.23. The van der Waals surface area contributed by atoms with Crippen LogP contribution in [0, 0.1) is 0 Å². The van der Waals surface area contributed by atoms with Gasteiger partial charge in [0.15, 0.2) is 0 Å². The molecule has 0 unspecified atom stereocenters. The molecule has 0 atom stereocenters. The fraction of sp³-hybridized carbons (Fsp3) is 0.375. The van der Waals surface area contributed by atoms with Crippen LogP contribution in [0.25, 0.3) is 10.9 Å². The van der Waals surface area contributed by atoms with Crippen LogP contribution in [-0.4, -0.2) is 29.6 Å². The molecule has 23 heavy (non-hydrogen) atoms. The summed E-state index contributed by atoms with van der Waals surface area (Å²) in [5, 5.41) is 3.91. The molecule has 3 rings (SSSR count). The first-order chi connectivity index (χ1) is 10.2. The molecule has 2 aromatic rings. The number of pyridine rings is 1. The second-order valence-electron chi connectivity index (χ2n) is 5.45. The molecule has 0 bridgehead atoms. The summed E-state index contributed by atoms with van der Waals surface area (Å²) in [6, 6.07) is 9.78. The number of para-hydroxylation sites is 1. The van der Waals surface area contributed by atoms with Gasteiger partial charge in [0.1, 0.15) is 11.3 Å². The van der Waals surface area contributed by atoms with Gasteiger partial charge >= 0.3 is 0 Å². The molecule has 126 valence electrons. The van der Waals surface area contributed by atoms with Gasteiger partial charge in [-0.3, -0.25) is 9.78 Å². The predicted octanol–water partition coefficient (Wildman–Crippen LogP) is 2.45. The van der Waals surface area contributed by atoms with Crippen molar-refractivity contribution in [2.24, 2.45) is 5.73 Å². The van der Waals surface area contributed by atoms with E-state index in [1.807, 2.05) is 30.3 Å². The number of aromatic nitrogens is 1. The molecule has 1 heterocycles. The molecule has 3 N–H and O–H groups in total. The van der Waals surface area contributed by atoms with Gasteiger partial charge in [-0.1, -0.05) is 18.2 Å². The van der Waals surface area contributed by atoms with E-state index in [2.05, 4.69) is 10.3 Å². The Bertz CT molecular complexity index is 657. The molecule has 1 amide bonds. The summed E-state index contributed by atoms with van der Waals surface area (Å²) < 4.78 is 5.76. The van der Waals surface area contributed by atoms with Gasteiger partial charge in [0, 0.05) is 18.1 Å². The Labute approximate surface area is 147 Å². The summed E-state index contributed by atoms with van der Waals surface area (Å²) in [6.45, 7) is 1.11. The van der Waals surface area contributed by atoms with Gasteiger partial charge < -0.3 is 15.8 Å². The van der Waals surface area contributed by atoms with Crippen molar-refractivity contribution < 1.29 is 9.53 Å². The predicted molar refractivity (Wildman–Crippen MR) is 95.5 cm³/mol. The number of nitrogens with zero attached hydrogens (tertiary/aromatic N) is 1. The van der Waals surface area contributed by atoms with E-state index >= 15 is 0 Å². The fourth-order valence-corrected chi connectivity index (χ4v) is 2.19. The van der Waals surface area contributed by atoms with Crippen LogP contribution in [-0.2, 0) is 4.79 Å². The Morgan fingerprint density at radius 2 is 2.00 bits per heavy atom. The van der Waals surface area contributed by atoms with Crippen LogP contribution in [0.15, 0.2) is 36.5 Å². The van der Waals surface area contributed by atoms with Gasteiger partial charge in [-0.25, -0.2) is 0 Å². The summed E-state index contributed by atoms with van der Waals surface area (Å²) in [6.07, 6.45) is 4.07. The summed E-state index contributed by atoms with van der Waals surface area (Å²) >= 11 is 0. The molecule has 0 radical (unpaired) electrons. The number of nitrogens with two attached hydrogens (primary N) is 1. The molecule has 1 aromatic heterocycles. The largest absolute Gasteiger partial charge is 0.491 e. The molecule has 1 aliphatic carbocycles. The lowest BCUT2D eigenvalue weighted by Gasteiger charge is -2.11. The van der Waals surface area contributed by atoms with Crippen LogP contribution >= 0.6 is 24.8 Å². The normalized spacial score (nSPS) is 14.3. The summed E-state index contributed by atoms with van der Waals surface area (Å²) in [7, 11) is 0. The molecule has 1 saturated carbocycles. The van der Waals surface area contributed by atoms with Gasteiger partial charge in [-0.05, 0) is 31.4 Å². The number of hydrogen-bond acceptors (Lipinski definition) is 4. The highest BCUT2D eigenvalue weighted by molar-refractivity contribution is 5.89. The zero-order valence-electron chi connectivity index (χ0n) is 12.7. The van der Waals surface area contributed by atoms with Crippen molar-refractivity contribution in [1.82, 2.24) is 10.3 Å². The Balaban J connectivity index is 0.00000132. The highest BCUT2D eigenvalue weighted by Crippen LogP contribution is 2.32. The summed E-state index contributed by atoms with van der Waals surface area (Å²) in [5.74, 6) is 0.728. The van der Waals surface area contributed by atoms with E-state index in [1.54, 1.807) is 6.20 Å². The smallest absolute Gasteiger partial charge is 0.240 e. The third kappa shape index (κ3) is 4.70. The first-order valence-electron chi connectivity index (χ1n) is 7.23. The van der Waals surface area contributed by atoms with Crippen LogP contribution in [0.4, 0.5) is 0 Å². The molecule has 5 nitrogen and oxygen atoms in total. The number of carbonyl (C=O) groups excluding carboxylic acids is 1. The van der Waals surface area contributed by atoms with E-state index in [0.717, 1.165) is 35.9 Å². The number of nitrogens with one attached hydrogen (secondary N) is 1. The number of fused-ring (bicyclic) bond motifs is 1. The highest BCUT2D eigenvalue weighted by atomic mass is 35.5. The van der Waals surface area contributed by atoms with Crippen molar-refractivity contribution >= 4 is 41.6 Å². The van der Waals surface area contributed by atoms with Gasteiger partial charge in [0.2, 0.25) is 5.91 Å². The van der Waals surface area contributed by atoms with Crippen molar-refractivity contribution in [2.75, 3.05) is 13.2 Å². The summed E-state index contributed by atoms with van der Waals surface area (Å²) in [5.41, 5.74) is 6.07. The van der Waals surface area contributed by atoms with Gasteiger partial charge in [0.25, 0.3) is 0 Å². The minimum Gasteiger partial charge on any atom is -0.491 e. The highest BCUT2D eigenvalue weighted by Gasteiger charge is 2.45. The number of benzene rings is 1. The van der Waals surface area contributed by atoms with E-state index in [1.165, 1.54) is 0 Å². The van der Waals surface area contributed by atoms with Crippen LogP contribution in [0.1, 0.15) is 19.3 Å². The van der Waals surface area contributed by atoms with Crippen molar-refractivity contribution in [2.45, 2.75) is 24.8 Å².